The Bertz CT molecular complexity index is 534. The van der Waals surface area contributed by atoms with E-state index in [1.54, 1.807) is 12.1 Å². The molecule has 0 bridgehead atoms. The number of amides is 2. The number of rotatable bonds is 2. The number of phenols is 1. The van der Waals surface area contributed by atoms with Crippen LogP contribution >= 0.6 is 0 Å². The van der Waals surface area contributed by atoms with Gasteiger partial charge in [-0.1, -0.05) is 26.8 Å². The SMILES string of the molecule is CC(C)(C)[C@@H]1CNC(=O)[C@@H]1C(=O)Nc1cccc(O)c1. The van der Waals surface area contributed by atoms with Crippen LogP contribution in [0.3, 0.4) is 0 Å². The molecule has 1 aromatic carbocycles. The minimum atomic E-state index is -0.697. The van der Waals surface area contributed by atoms with Crippen LogP contribution in [0.15, 0.2) is 24.3 Å². The Morgan fingerprint density at radius 1 is 1.40 bits per heavy atom. The molecule has 2 amide bonds. The van der Waals surface area contributed by atoms with Crippen LogP contribution in [-0.4, -0.2) is 23.5 Å². The number of phenolic OH excluding ortho intramolecular Hbond substituents is 1. The van der Waals surface area contributed by atoms with E-state index in [9.17, 15) is 14.7 Å². The molecule has 108 valence electrons. The maximum absolute atomic E-state index is 12.3. The van der Waals surface area contributed by atoms with Crippen molar-refractivity contribution in [3.05, 3.63) is 24.3 Å². The largest absolute Gasteiger partial charge is 0.508 e. The van der Waals surface area contributed by atoms with Crippen molar-refractivity contribution < 1.29 is 14.7 Å². The number of carbonyl (C=O) groups is 2. The van der Waals surface area contributed by atoms with Gasteiger partial charge in [0.15, 0.2) is 0 Å². The number of hydrogen-bond donors (Lipinski definition) is 3. The zero-order chi connectivity index (χ0) is 14.9. The molecule has 5 nitrogen and oxygen atoms in total. The van der Waals surface area contributed by atoms with Crippen LogP contribution in [0.4, 0.5) is 5.69 Å². The summed E-state index contributed by atoms with van der Waals surface area (Å²) in [6, 6.07) is 6.30. The molecule has 0 unspecified atom stereocenters. The van der Waals surface area contributed by atoms with Gasteiger partial charge in [-0.3, -0.25) is 9.59 Å². The number of hydrogen-bond acceptors (Lipinski definition) is 3. The third-order valence-electron chi connectivity index (χ3n) is 3.69. The summed E-state index contributed by atoms with van der Waals surface area (Å²) in [5, 5.41) is 14.8. The fraction of sp³-hybridized carbons (Fsp3) is 0.467. The minimum Gasteiger partial charge on any atom is -0.508 e. The molecular formula is C15H20N2O3. The van der Waals surface area contributed by atoms with E-state index in [1.165, 1.54) is 12.1 Å². The Kier molecular flexibility index (Phi) is 3.70. The quantitative estimate of drug-likeness (QED) is 0.720. The molecule has 0 spiro atoms. The maximum Gasteiger partial charge on any atom is 0.237 e. The van der Waals surface area contributed by atoms with Gasteiger partial charge in [0, 0.05) is 24.2 Å². The lowest BCUT2D eigenvalue weighted by atomic mass is 9.74. The lowest BCUT2D eigenvalue weighted by Crippen LogP contribution is -2.37. The molecule has 1 aliphatic rings. The van der Waals surface area contributed by atoms with Gasteiger partial charge in [0.05, 0.1) is 0 Å². The van der Waals surface area contributed by atoms with Crippen LogP contribution in [0, 0.1) is 17.3 Å². The van der Waals surface area contributed by atoms with E-state index >= 15 is 0 Å². The van der Waals surface area contributed by atoms with Crippen molar-refractivity contribution in [3.8, 4) is 5.75 Å². The van der Waals surface area contributed by atoms with Gasteiger partial charge < -0.3 is 15.7 Å². The first kappa shape index (κ1) is 14.4. The van der Waals surface area contributed by atoms with Gasteiger partial charge in [0.2, 0.25) is 11.8 Å². The van der Waals surface area contributed by atoms with Crippen LogP contribution in [0.2, 0.25) is 0 Å². The van der Waals surface area contributed by atoms with Crippen LogP contribution in [0.25, 0.3) is 0 Å². The highest BCUT2D eigenvalue weighted by atomic mass is 16.3. The van der Waals surface area contributed by atoms with Gasteiger partial charge in [0.25, 0.3) is 0 Å². The highest BCUT2D eigenvalue weighted by Gasteiger charge is 2.45. The monoisotopic (exact) mass is 276 g/mol. The third kappa shape index (κ3) is 2.92. The summed E-state index contributed by atoms with van der Waals surface area (Å²) in [6.45, 7) is 6.58. The molecular weight excluding hydrogens is 256 g/mol. The Balaban J connectivity index is 2.17. The van der Waals surface area contributed by atoms with E-state index in [-0.39, 0.29) is 28.9 Å². The molecule has 1 heterocycles. The van der Waals surface area contributed by atoms with Gasteiger partial charge in [-0.25, -0.2) is 0 Å². The van der Waals surface area contributed by atoms with Gasteiger partial charge in [-0.15, -0.1) is 0 Å². The van der Waals surface area contributed by atoms with Gasteiger partial charge in [-0.2, -0.15) is 0 Å². The van der Waals surface area contributed by atoms with Gasteiger partial charge in [0.1, 0.15) is 11.7 Å². The first-order valence-electron chi connectivity index (χ1n) is 6.66. The molecule has 0 aromatic heterocycles. The second-order valence-corrected chi connectivity index (χ2v) is 6.23. The molecule has 5 heteroatoms. The number of nitrogens with one attached hydrogen (secondary N) is 2. The predicted molar refractivity (Wildman–Crippen MR) is 76.2 cm³/mol. The second kappa shape index (κ2) is 5.15. The number of carbonyl (C=O) groups excluding carboxylic acids is 2. The molecule has 1 fully saturated rings. The van der Waals surface area contributed by atoms with Crippen molar-refractivity contribution in [1.82, 2.24) is 5.32 Å². The Morgan fingerprint density at radius 3 is 2.70 bits per heavy atom. The normalized spacial score (nSPS) is 22.4. The summed E-state index contributed by atoms with van der Waals surface area (Å²) in [5.74, 6) is -1.23. The van der Waals surface area contributed by atoms with Crippen LogP contribution in [-0.2, 0) is 9.59 Å². The summed E-state index contributed by atoms with van der Waals surface area (Å²) >= 11 is 0. The second-order valence-electron chi connectivity index (χ2n) is 6.23. The van der Waals surface area contributed by atoms with E-state index in [0.717, 1.165) is 0 Å². The van der Waals surface area contributed by atoms with E-state index in [2.05, 4.69) is 10.6 Å². The Morgan fingerprint density at radius 2 is 2.10 bits per heavy atom. The summed E-state index contributed by atoms with van der Waals surface area (Å²) in [6.07, 6.45) is 0. The summed E-state index contributed by atoms with van der Waals surface area (Å²) in [5.41, 5.74) is 0.349. The molecule has 3 N–H and O–H groups in total. The summed E-state index contributed by atoms with van der Waals surface area (Å²) in [4.78, 5) is 24.2. The first-order chi connectivity index (χ1) is 9.29. The highest BCUT2D eigenvalue weighted by molar-refractivity contribution is 6.08. The zero-order valence-electron chi connectivity index (χ0n) is 11.9. The fourth-order valence-electron chi connectivity index (χ4n) is 2.53. The van der Waals surface area contributed by atoms with Crippen LogP contribution in [0.5, 0.6) is 5.75 Å². The summed E-state index contributed by atoms with van der Waals surface area (Å²) < 4.78 is 0. The minimum absolute atomic E-state index is 0.0488. The van der Waals surface area contributed by atoms with E-state index in [0.29, 0.717) is 12.2 Å². The molecule has 1 aromatic rings. The van der Waals surface area contributed by atoms with E-state index in [4.69, 9.17) is 0 Å². The van der Waals surface area contributed by atoms with Crippen molar-refractivity contribution >= 4 is 17.5 Å². The standard InChI is InChI=1S/C15H20N2O3/c1-15(2,3)11-8-16-13(19)12(11)14(20)17-9-5-4-6-10(18)7-9/h4-7,11-12,18H,8H2,1-3H3,(H,16,19)(H,17,20)/t11-,12-/m1/s1. The van der Waals surface area contributed by atoms with Gasteiger partial charge >= 0.3 is 0 Å². The molecule has 20 heavy (non-hydrogen) atoms. The lowest BCUT2D eigenvalue weighted by molar-refractivity contribution is -0.132. The molecule has 0 radical (unpaired) electrons. The van der Waals surface area contributed by atoms with E-state index in [1.807, 2.05) is 20.8 Å². The average molecular weight is 276 g/mol. The van der Waals surface area contributed by atoms with Crippen LogP contribution in [0.1, 0.15) is 20.8 Å². The van der Waals surface area contributed by atoms with Crippen molar-refractivity contribution in [2.24, 2.45) is 17.3 Å². The highest BCUT2D eigenvalue weighted by Crippen LogP contribution is 2.35. The Labute approximate surface area is 118 Å². The zero-order valence-corrected chi connectivity index (χ0v) is 11.9. The van der Waals surface area contributed by atoms with Crippen molar-refractivity contribution in [2.45, 2.75) is 20.8 Å². The number of aromatic hydroxyl groups is 1. The molecule has 2 atom stereocenters. The Hall–Kier alpha value is -2.04. The molecule has 0 saturated carbocycles. The molecule has 1 aliphatic heterocycles. The fourth-order valence-corrected chi connectivity index (χ4v) is 2.53. The molecule has 0 aliphatic carbocycles. The predicted octanol–water partition coefficient (Wildman–Crippen LogP) is 1.74. The van der Waals surface area contributed by atoms with Crippen LogP contribution < -0.4 is 10.6 Å². The van der Waals surface area contributed by atoms with E-state index < -0.39 is 5.92 Å². The van der Waals surface area contributed by atoms with Crippen molar-refractivity contribution in [3.63, 3.8) is 0 Å². The number of benzene rings is 1. The smallest absolute Gasteiger partial charge is 0.237 e. The topological polar surface area (TPSA) is 78.4 Å². The maximum atomic E-state index is 12.3. The molecule has 2 rings (SSSR count). The lowest BCUT2D eigenvalue weighted by Gasteiger charge is -2.29. The summed E-state index contributed by atoms with van der Waals surface area (Å²) in [7, 11) is 0. The molecule has 1 saturated heterocycles. The van der Waals surface area contributed by atoms with Crippen molar-refractivity contribution in [1.29, 1.82) is 0 Å². The number of anilines is 1. The van der Waals surface area contributed by atoms with Crippen molar-refractivity contribution in [2.75, 3.05) is 11.9 Å². The first-order valence-corrected chi connectivity index (χ1v) is 6.66. The average Bonchev–Trinajstić information content (AvgIpc) is 2.71. The third-order valence-corrected chi connectivity index (χ3v) is 3.69. The van der Waals surface area contributed by atoms with Gasteiger partial charge in [-0.05, 0) is 17.5 Å².